The van der Waals surface area contributed by atoms with Crippen molar-refractivity contribution in [3.05, 3.63) is 36.3 Å². The van der Waals surface area contributed by atoms with Gasteiger partial charge in [-0.05, 0) is 31.4 Å². The van der Waals surface area contributed by atoms with Crippen LogP contribution >= 0.6 is 0 Å². The second-order valence-electron chi connectivity index (χ2n) is 5.17. The first-order valence-electron chi connectivity index (χ1n) is 7.03. The van der Waals surface area contributed by atoms with Crippen LogP contribution in [-0.4, -0.2) is 16.8 Å². The summed E-state index contributed by atoms with van der Waals surface area (Å²) in [5, 5.41) is 0. The van der Waals surface area contributed by atoms with Crippen LogP contribution in [0.4, 0.5) is 0 Å². The number of furan rings is 1. The first-order valence-corrected chi connectivity index (χ1v) is 7.03. The molecule has 0 N–H and O–H groups in total. The molecular formula is C16H25NO2. The van der Waals surface area contributed by atoms with Gasteiger partial charge in [0.25, 0.3) is 0 Å². The molecule has 0 radical (unpaired) electrons. The number of carbonyl (C=O) groups is 1. The van der Waals surface area contributed by atoms with Crippen molar-refractivity contribution in [2.24, 2.45) is 5.92 Å². The van der Waals surface area contributed by atoms with Gasteiger partial charge in [0.1, 0.15) is 5.76 Å². The standard InChI is InChI=1S/C16H25NO2/c1-5-6-7-10-16(18)17(14(4)13(2)3)12-15-9-8-11-19-15/h6-9,11,13-14H,5,10,12H2,1-4H3. The van der Waals surface area contributed by atoms with Crippen LogP contribution < -0.4 is 0 Å². The summed E-state index contributed by atoms with van der Waals surface area (Å²) >= 11 is 0. The number of carbonyl (C=O) groups excluding carboxylic acids is 1. The molecule has 0 bridgehead atoms. The number of allylic oxidation sites excluding steroid dienone is 1. The smallest absolute Gasteiger partial charge is 0.227 e. The van der Waals surface area contributed by atoms with Crippen LogP contribution in [0.1, 0.15) is 46.3 Å². The number of amides is 1. The summed E-state index contributed by atoms with van der Waals surface area (Å²) in [5.41, 5.74) is 0. The van der Waals surface area contributed by atoms with Crippen molar-refractivity contribution in [2.45, 2.75) is 53.1 Å². The van der Waals surface area contributed by atoms with Crippen LogP contribution in [0.25, 0.3) is 0 Å². The minimum Gasteiger partial charge on any atom is -0.467 e. The second kappa shape index (κ2) is 7.82. The summed E-state index contributed by atoms with van der Waals surface area (Å²) in [5.74, 6) is 1.41. The summed E-state index contributed by atoms with van der Waals surface area (Å²) in [4.78, 5) is 14.2. The molecule has 0 fully saturated rings. The lowest BCUT2D eigenvalue weighted by Gasteiger charge is -2.31. The minimum atomic E-state index is 0.155. The molecule has 0 aromatic carbocycles. The van der Waals surface area contributed by atoms with E-state index in [9.17, 15) is 4.79 Å². The van der Waals surface area contributed by atoms with E-state index in [0.29, 0.717) is 18.9 Å². The van der Waals surface area contributed by atoms with Crippen LogP contribution in [0.2, 0.25) is 0 Å². The van der Waals surface area contributed by atoms with Gasteiger partial charge in [-0.2, -0.15) is 0 Å². The number of nitrogens with zero attached hydrogens (tertiary/aromatic N) is 1. The highest BCUT2D eigenvalue weighted by atomic mass is 16.3. The lowest BCUT2D eigenvalue weighted by atomic mass is 10.0. The van der Waals surface area contributed by atoms with Crippen molar-refractivity contribution < 1.29 is 9.21 Å². The zero-order valence-electron chi connectivity index (χ0n) is 12.4. The second-order valence-corrected chi connectivity index (χ2v) is 5.17. The maximum Gasteiger partial charge on any atom is 0.227 e. The van der Waals surface area contributed by atoms with Crippen LogP contribution in [0.15, 0.2) is 35.0 Å². The summed E-state index contributed by atoms with van der Waals surface area (Å²) in [6, 6.07) is 3.97. The lowest BCUT2D eigenvalue weighted by molar-refractivity contribution is -0.134. The molecule has 1 amide bonds. The quantitative estimate of drug-likeness (QED) is 0.696. The zero-order chi connectivity index (χ0) is 14.3. The third-order valence-electron chi connectivity index (χ3n) is 3.38. The average Bonchev–Trinajstić information content (AvgIpc) is 2.88. The molecule has 3 heteroatoms. The summed E-state index contributed by atoms with van der Waals surface area (Å²) in [6.07, 6.45) is 7.05. The molecule has 3 nitrogen and oxygen atoms in total. The Hall–Kier alpha value is -1.51. The third-order valence-corrected chi connectivity index (χ3v) is 3.38. The fourth-order valence-corrected chi connectivity index (χ4v) is 1.86. The van der Waals surface area contributed by atoms with Gasteiger partial charge in [-0.3, -0.25) is 4.79 Å². The molecule has 1 aromatic rings. The third kappa shape index (κ3) is 4.93. The van der Waals surface area contributed by atoms with Crippen molar-refractivity contribution in [3.63, 3.8) is 0 Å². The van der Waals surface area contributed by atoms with Gasteiger partial charge in [0, 0.05) is 12.5 Å². The van der Waals surface area contributed by atoms with Crippen molar-refractivity contribution in [2.75, 3.05) is 0 Å². The largest absolute Gasteiger partial charge is 0.467 e. The fourth-order valence-electron chi connectivity index (χ4n) is 1.86. The van der Waals surface area contributed by atoms with Crippen molar-refractivity contribution in [1.82, 2.24) is 4.90 Å². The van der Waals surface area contributed by atoms with Crippen molar-refractivity contribution >= 4 is 5.91 Å². The van der Waals surface area contributed by atoms with E-state index in [1.165, 1.54) is 0 Å². The molecule has 0 spiro atoms. The van der Waals surface area contributed by atoms with Gasteiger partial charge in [-0.25, -0.2) is 0 Å². The first-order chi connectivity index (χ1) is 9.06. The molecule has 19 heavy (non-hydrogen) atoms. The van der Waals surface area contributed by atoms with E-state index < -0.39 is 0 Å². The van der Waals surface area contributed by atoms with E-state index in [1.807, 2.05) is 29.2 Å². The minimum absolute atomic E-state index is 0.155. The van der Waals surface area contributed by atoms with Gasteiger partial charge in [-0.1, -0.05) is 32.9 Å². The Balaban J connectivity index is 2.73. The highest BCUT2D eigenvalue weighted by Gasteiger charge is 2.22. The number of hydrogen-bond donors (Lipinski definition) is 0. The van der Waals surface area contributed by atoms with Crippen molar-refractivity contribution in [1.29, 1.82) is 0 Å². The van der Waals surface area contributed by atoms with E-state index >= 15 is 0 Å². The Morgan fingerprint density at radius 1 is 1.37 bits per heavy atom. The summed E-state index contributed by atoms with van der Waals surface area (Å²) in [7, 11) is 0. The van der Waals surface area contributed by atoms with E-state index in [2.05, 4.69) is 27.7 Å². The SMILES string of the molecule is CCC=CCC(=O)N(Cc1ccco1)C(C)C(C)C. The Morgan fingerprint density at radius 3 is 2.63 bits per heavy atom. The summed E-state index contributed by atoms with van der Waals surface area (Å²) in [6.45, 7) is 8.97. The molecule has 0 aliphatic heterocycles. The maximum absolute atomic E-state index is 12.3. The topological polar surface area (TPSA) is 33.5 Å². The van der Waals surface area contributed by atoms with E-state index in [4.69, 9.17) is 4.42 Å². The molecule has 1 rings (SSSR count). The molecule has 106 valence electrons. The highest BCUT2D eigenvalue weighted by Crippen LogP contribution is 2.16. The predicted octanol–water partition coefficient (Wildman–Crippen LogP) is 4.01. The predicted molar refractivity (Wildman–Crippen MR) is 77.6 cm³/mol. The monoisotopic (exact) mass is 263 g/mol. The fraction of sp³-hybridized carbons (Fsp3) is 0.562. The Kier molecular flexibility index (Phi) is 6.40. The van der Waals surface area contributed by atoms with E-state index in [0.717, 1.165) is 12.2 Å². The van der Waals surface area contributed by atoms with Crippen LogP contribution in [-0.2, 0) is 11.3 Å². The van der Waals surface area contributed by atoms with Crippen LogP contribution in [0.3, 0.4) is 0 Å². The number of rotatable bonds is 7. The first kappa shape index (κ1) is 15.5. The Labute approximate surface area is 116 Å². The number of hydrogen-bond acceptors (Lipinski definition) is 2. The molecule has 0 aliphatic rings. The van der Waals surface area contributed by atoms with Crippen LogP contribution in [0, 0.1) is 5.92 Å². The molecule has 1 unspecified atom stereocenters. The average molecular weight is 263 g/mol. The molecule has 1 aromatic heterocycles. The molecular weight excluding hydrogens is 238 g/mol. The van der Waals surface area contributed by atoms with Gasteiger partial charge in [0.05, 0.1) is 12.8 Å². The van der Waals surface area contributed by atoms with Gasteiger partial charge >= 0.3 is 0 Å². The lowest BCUT2D eigenvalue weighted by Crippen LogP contribution is -2.40. The van der Waals surface area contributed by atoms with Gasteiger partial charge < -0.3 is 9.32 Å². The maximum atomic E-state index is 12.3. The molecule has 0 aliphatic carbocycles. The van der Waals surface area contributed by atoms with Gasteiger partial charge in [0.15, 0.2) is 0 Å². The van der Waals surface area contributed by atoms with Gasteiger partial charge in [0.2, 0.25) is 5.91 Å². The van der Waals surface area contributed by atoms with E-state index in [1.54, 1.807) is 6.26 Å². The zero-order valence-corrected chi connectivity index (χ0v) is 12.4. The molecule has 0 saturated heterocycles. The highest BCUT2D eigenvalue weighted by molar-refractivity contribution is 5.78. The molecule has 1 atom stereocenters. The normalized spacial score (nSPS) is 13.1. The molecule has 1 heterocycles. The summed E-state index contributed by atoms with van der Waals surface area (Å²) < 4.78 is 5.36. The molecule has 0 saturated carbocycles. The van der Waals surface area contributed by atoms with Crippen molar-refractivity contribution in [3.8, 4) is 0 Å². The Morgan fingerprint density at radius 2 is 2.11 bits per heavy atom. The van der Waals surface area contributed by atoms with Gasteiger partial charge in [-0.15, -0.1) is 0 Å². The Bertz CT molecular complexity index is 393. The van der Waals surface area contributed by atoms with E-state index in [-0.39, 0.29) is 11.9 Å². The van der Waals surface area contributed by atoms with Crippen LogP contribution in [0.5, 0.6) is 0 Å².